The average Bonchev–Trinajstić information content (AvgIpc) is 3.15. The van der Waals surface area contributed by atoms with E-state index in [1.54, 1.807) is 18.3 Å². The summed E-state index contributed by atoms with van der Waals surface area (Å²) in [5.74, 6) is 1.15. The Hall–Kier alpha value is -1.85. The number of thiophene rings is 1. The van der Waals surface area contributed by atoms with Crippen molar-refractivity contribution in [1.29, 1.82) is 5.26 Å². The third kappa shape index (κ3) is 3.41. The molecule has 1 saturated carbocycles. The Labute approximate surface area is 142 Å². The van der Waals surface area contributed by atoms with Crippen LogP contribution in [-0.4, -0.2) is 32.0 Å². The molecule has 0 aromatic carbocycles. The van der Waals surface area contributed by atoms with E-state index in [4.69, 9.17) is 0 Å². The molecule has 1 unspecified atom stereocenters. The minimum absolute atomic E-state index is 0.147. The number of nitrogens with zero attached hydrogens (tertiary/aromatic N) is 4. The first-order valence-corrected chi connectivity index (χ1v) is 9.18. The molecule has 3 rings (SSSR count). The van der Waals surface area contributed by atoms with Crippen molar-refractivity contribution >= 4 is 29.0 Å². The molecule has 1 atom stereocenters. The summed E-state index contributed by atoms with van der Waals surface area (Å²) in [5, 5.41) is 23.1. The molecule has 2 heterocycles. The number of carbonyl (C=O) groups is 1. The smallest absolute Gasteiger partial charge is 0.231 e. The number of rotatable bonds is 6. The minimum Gasteiger partial charge on any atom is -0.337 e. The molecule has 1 fully saturated rings. The van der Waals surface area contributed by atoms with Crippen LogP contribution in [0.2, 0.25) is 0 Å². The summed E-state index contributed by atoms with van der Waals surface area (Å²) >= 11 is 2.93. The highest BCUT2D eigenvalue weighted by atomic mass is 32.2. The van der Waals surface area contributed by atoms with E-state index >= 15 is 0 Å². The van der Waals surface area contributed by atoms with E-state index in [0.717, 1.165) is 23.5 Å². The molecule has 0 radical (unpaired) electrons. The molecule has 120 valence electrons. The van der Waals surface area contributed by atoms with Crippen molar-refractivity contribution in [1.82, 2.24) is 20.1 Å². The fraction of sp³-hybridized carbons (Fsp3) is 0.467. The Bertz CT molecular complexity index is 745. The van der Waals surface area contributed by atoms with Gasteiger partial charge < -0.3 is 9.88 Å². The number of hydrogen-bond donors (Lipinski definition) is 1. The number of aromatic nitrogens is 3. The molecule has 2 aromatic heterocycles. The Balaban J connectivity index is 1.61. The van der Waals surface area contributed by atoms with Crippen LogP contribution in [0.1, 0.15) is 19.8 Å². The van der Waals surface area contributed by atoms with Gasteiger partial charge in [0.25, 0.3) is 0 Å². The van der Waals surface area contributed by atoms with Gasteiger partial charge in [0.1, 0.15) is 5.54 Å². The lowest BCUT2D eigenvalue weighted by Crippen LogP contribution is -2.47. The molecule has 8 heteroatoms. The summed E-state index contributed by atoms with van der Waals surface area (Å²) in [5.41, 5.74) is -0.750. The monoisotopic (exact) mass is 347 g/mol. The predicted molar refractivity (Wildman–Crippen MR) is 89.9 cm³/mol. The lowest BCUT2D eigenvalue weighted by Gasteiger charge is -2.22. The van der Waals surface area contributed by atoms with Crippen molar-refractivity contribution < 1.29 is 4.79 Å². The van der Waals surface area contributed by atoms with Crippen molar-refractivity contribution in [3.05, 3.63) is 17.5 Å². The van der Waals surface area contributed by atoms with Gasteiger partial charge in [-0.05, 0) is 37.1 Å². The first kappa shape index (κ1) is 16.0. The van der Waals surface area contributed by atoms with E-state index in [1.807, 2.05) is 29.1 Å². The standard InChI is InChI=1S/C15H17N5OS2/c1-15(9-16,10-5-6-10)17-12(21)8-23-14-19-18-13(20(14)2)11-4-3-7-22-11/h3-4,7,10H,5-6,8H2,1-2H3,(H,17,21). The SMILES string of the molecule is Cn1c(SCC(=O)NC(C)(C#N)C2CC2)nnc1-c1cccs1. The normalized spacial score (nSPS) is 16.6. The predicted octanol–water partition coefficient (Wildman–Crippen LogP) is 2.44. The summed E-state index contributed by atoms with van der Waals surface area (Å²) in [4.78, 5) is 13.2. The number of amides is 1. The van der Waals surface area contributed by atoms with Crippen molar-refractivity contribution in [3.63, 3.8) is 0 Å². The molecular formula is C15H17N5OS2. The van der Waals surface area contributed by atoms with Crippen molar-refractivity contribution in [2.45, 2.75) is 30.5 Å². The molecule has 1 aliphatic rings. The zero-order valence-corrected chi connectivity index (χ0v) is 14.6. The highest BCUT2D eigenvalue weighted by Gasteiger charge is 2.42. The van der Waals surface area contributed by atoms with E-state index in [0.29, 0.717) is 5.16 Å². The van der Waals surface area contributed by atoms with Gasteiger partial charge in [0, 0.05) is 7.05 Å². The van der Waals surface area contributed by atoms with Gasteiger partial charge in [-0.15, -0.1) is 21.5 Å². The summed E-state index contributed by atoms with van der Waals surface area (Å²) in [7, 11) is 1.89. The average molecular weight is 347 g/mol. The van der Waals surface area contributed by atoms with Crippen LogP contribution in [0, 0.1) is 17.2 Å². The molecule has 1 aliphatic carbocycles. The fourth-order valence-corrected chi connectivity index (χ4v) is 3.85. The molecule has 0 bridgehead atoms. The van der Waals surface area contributed by atoms with Gasteiger partial charge >= 0.3 is 0 Å². The fourth-order valence-electron chi connectivity index (χ4n) is 2.40. The Morgan fingerprint density at radius 3 is 3.00 bits per heavy atom. The van der Waals surface area contributed by atoms with E-state index in [-0.39, 0.29) is 17.6 Å². The maximum Gasteiger partial charge on any atom is 0.231 e. The summed E-state index contributed by atoms with van der Waals surface area (Å²) in [6.07, 6.45) is 2.01. The van der Waals surface area contributed by atoms with E-state index in [2.05, 4.69) is 21.6 Å². The van der Waals surface area contributed by atoms with Crippen LogP contribution in [0.5, 0.6) is 0 Å². The second kappa shape index (κ2) is 6.34. The third-order valence-electron chi connectivity index (χ3n) is 3.93. The molecule has 1 amide bonds. The quantitative estimate of drug-likeness (QED) is 0.812. The van der Waals surface area contributed by atoms with Gasteiger partial charge in [0.15, 0.2) is 11.0 Å². The highest BCUT2D eigenvalue weighted by Crippen LogP contribution is 2.39. The van der Waals surface area contributed by atoms with Gasteiger partial charge in [-0.2, -0.15) is 5.26 Å². The van der Waals surface area contributed by atoms with Crippen molar-refractivity contribution in [3.8, 4) is 16.8 Å². The summed E-state index contributed by atoms with van der Waals surface area (Å²) in [6.45, 7) is 1.80. The van der Waals surface area contributed by atoms with Crippen molar-refractivity contribution in [2.24, 2.45) is 13.0 Å². The second-order valence-electron chi connectivity index (χ2n) is 5.77. The largest absolute Gasteiger partial charge is 0.337 e. The lowest BCUT2D eigenvalue weighted by atomic mass is 9.98. The van der Waals surface area contributed by atoms with Gasteiger partial charge in [-0.25, -0.2) is 0 Å². The molecular weight excluding hydrogens is 330 g/mol. The van der Waals surface area contributed by atoms with Crippen LogP contribution in [-0.2, 0) is 11.8 Å². The Kier molecular flexibility index (Phi) is 4.41. The molecule has 0 aliphatic heterocycles. The maximum absolute atomic E-state index is 12.1. The topological polar surface area (TPSA) is 83.6 Å². The summed E-state index contributed by atoms with van der Waals surface area (Å²) in [6, 6.07) is 6.19. The highest BCUT2D eigenvalue weighted by molar-refractivity contribution is 7.99. The number of hydrogen-bond acceptors (Lipinski definition) is 6. The van der Waals surface area contributed by atoms with Crippen LogP contribution in [0.25, 0.3) is 10.7 Å². The number of nitrogens with one attached hydrogen (secondary N) is 1. The minimum atomic E-state index is -0.750. The van der Waals surface area contributed by atoms with Gasteiger partial charge in [-0.1, -0.05) is 17.8 Å². The van der Waals surface area contributed by atoms with Crippen LogP contribution in [0.15, 0.2) is 22.7 Å². The van der Waals surface area contributed by atoms with Crippen molar-refractivity contribution in [2.75, 3.05) is 5.75 Å². The first-order chi connectivity index (χ1) is 11.0. The lowest BCUT2D eigenvalue weighted by molar-refractivity contribution is -0.119. The number of thioether (sulfide) groups is 1. The van der Waals surface area contributed by atoms with E-state index in [9.17, 15) is 10.1 Å². The van der Waals surface area contributed by atoms with Gasteiger partial charge in [0.05, 0.1) is 16.7 Å². The Morgan fingerprint density at radius 1 is 1.61 bits per heavy atom. The first-order valence-electron chi connectivity index (χ1n) is 7.32. The zero-order valence-electron chi connectivity index (χ0n) is 12.9. The summed E-state index contributed by atoms with van der Waals surface area (Å²) < 4.78 is 1.88. The zero-order chi connectivity index (χ0) is 16.4. The molecule has 0 saturated heterocycles. The molecule has 6 nitrogen and oxygen atoms in total. The van der Waals surface area contributed by atoms with Gasteiger partial charge in [0.2, 0.25) is 5.91 Å². The molecule has 2 aromatic rings. The van der Waals surface area contributed by atoms with Crippen LogP contribution in [0.3, 0.4) is 0 Å². The number of nitriles is 1. The molecule has 1 N–H and O–H groups in total. The number of carbonyl (C=O) groups excluding carboxylic acids is 1. The van der Waals surface area contributed by atoms with Gasteiger partial charge in [-0.3, -0.25) is 4.79 Å². The van der Waals surface area contributed by atoms with Crippen LogP contribution < -0.4 is 5.32 Å². The van der Waals surface area contributed by atoms with Crippen LogP contribution >= 0.6 is 23.1 Å². The second-order valence-corrected chi connectivity index (χ2v) is 7.66. The molecule has 0 spiro atoms. The van der Waals surface area contributed by atoms with E-state index < -0.39 is 5.54 Å². The third-order valence-corrected chi connectivity index (χ3v) is 5.82. The molecule has 23 heavy (non-hydrogen) atoms. The van der Waals surface area contributed by atoms with Crippen LogP contribution in [0.4, 0.5) is 0 Å². The van der Waals surface area contributed by atoms with E-state index in [1.165, 1.54) is 11.8 Å². The maximum atomic E-state index is 12.1. The Morgan fingerprint density at radius 2 is 2.39 bits per heavy atom.